The average Bonchev–Trinajstić information content (AvgIpc) is 2.56. The standard InChI is InChI=1S/C16H9Cl3N2O2/c17-12-7-6-11(8-13(12)18)23-14-9-20-21(16(22)15(14)19)10-4-2-1-3-5-10/h1-9H. The fraction of sp³-hybridized carbons (Fsp3) is 0. The van der Waals surface area contributed by atoms with Gasteiger partial charge in [-0.1, -0.05) is 53.0 Å². The maximum atomic E-state index is 12.3. The van der Waals surface area contributed by atoms with Crippen molar-refractivity contribution in [1.82, 2.24) is 9.78 Å². The van der Waals surface area contributed by atoms with E-state index in [1.54, 1.807) is 36.4 Å². The van der Waals surface area contributed by atoms with Crippen LogP contribution in [-0.2, 0) is 0 Å². The molecule has 0 radical (unpaired) electrons. The van der Waals surface area contributed by atoms with E-state index < -0.39 is 5.56 Å². The molecule has 0 saturated carbocycles. The van der Waals surface area contributed by atoms with Crippen LogP contribution in [0.2, 0.25) is 15.1 Å². The number of aromatic nitrogens is 2. The van der Waals surface area contributed by atoms with Crippen LogP contribution in [0, 0.1) is 0 Å². The van der Waals surface area contributed by atoms with Gasteiger partial charge in [0.1, 0.15) is 5.75 Å². The van der Waals surface area contributed by atoms with Crippen LogP contribution in [0.4, 0.5) is 0 Å². The quantitative estimate of drug-likeness (QED) is 0.655. The lowest BCUT2D eigenvalue weighted by atomic mass is 10.3. The maximum Gasteiger partial charge on any atom is 0.294 e. The molecule has 0 atom stereocenters. The largest absolute Gasteiger partial charge is 0.454 e. The molecule has 0 saturated heterocycles. The van der Waals surface area contributed by atoms with Gasteiger partial charge in [0.25, 0.3) is 5.56 Å². The minimum Gasteiger partial charge on any atom is -0.454 e. The summed E-state index contributed by atoms with van der Waals surface area (Å²) in [6.07, 6.45) is 1.37. The Labute approximate surface area is 146 Å². The van der Waals surface area contributed by atoms with Crippen molar-refractivity contribution in [2.75, 3.05) is 0 Å². The van der Waals surface area contributed by atoms with Crippen molar-refractivity contribution in [3.8, 4) is 17.2 Å². The number of hydrogen-bond acceptors (Lipinski definition) is 3. The predicted octanol–water partition coefficient (Wildman–Crippen LogP) is 4.99. The van der Waals surface area contributed by atoms with E-state index >= 15 is 0 Å². The fourth-order valence-corrected chi connectivity index (χ4v) is 2.36. The van der Waals surface area contributed by atoms with Gasteiger partial charge in [-0.25, -0.2) is 0 Å². The maximum absolute atomic E-state index is 12.3. The molecule has 2 aromatic carbocycles. The second kappa shape index (κ2) is 6.62. The van der Waals surface area contributed by atoms with Gasteiger partial charge < -0.3 is 4.74 Å². The monoisotopic (exact) mass is 366 g/mol. The highest BCUT2D eigenvalue weighted by atomic mass is 35.5. The lowest BCUT2D eigenvalue weighted by Gasteiger charge is -2.10. The summed E-state index contributed by atoms with van der Waals surface area (Å²) >= 11 is 17.9. The fourth-order valence-electron chi connectivity index (χ4n) is 1.91. The summed E-state index contributed by atoms with van der Waals surface area (Å²) in [4.78, 5) is 12.3. The molecule has 1 aromatic heterocycles. The van der Waals surface area contributed by atoms with Crippen molar-refractivity contribution >= 4 is 34.8 Å². The number of nitrogens with zero attached hydrogens (tertiary/aromatic N) is 2. The average molecular weight is 368 g/mol. The van der Waals surface area contributed by atoms with Crippen LogP contribution in [0.25, 0.3) is 5.69 Å². The van der Waals surface area contributed by atoms with Crippen LogP contribution in [-0.4, -0.2) is 9.78 Å². The van der Waals surface area contributed by atoms with Crippen LogP contribution in [0.15, 0.2) is 59.5 Å². The third-order valence-electron chi connectivity index (χ3n) is 3.01. The molecule has 0 N–H and O–H groups in total. The van der Waals surface area contributed by atoms with E-state index in [0.717, 1.165) is 0 Å². The number of benzene rings is 2. The number of rotatable bonds is 3. The van der Waals surface area contributed by atoms with Crippen LogP contribution in [0.1, 0.15) is 0 Å². The third kappa shape index (κ3) is 3.34. The van der Waals surface area contributed by atoms with Gasteiger partial charge in [-0.05, 0) is 24.3 Å². The molecule has 0 aliphatic carbocycles. The van der Waals surface area contributed by atoms with Gasteiger partial charge in [-0.3, -0.25) is 4.79 Å². The zero-order valence-electron chi connectivity index (χ0n) is 11.5. The van der Waals surface area contributed by atoms with Crippen LogP contribution < -0.4 is 10.3 Å². The Bertz CT molecular complexity index is 911. The molecule has 3 aromatic rings. The molecule has 116 valence electrons. The molecule has 23 heavy (non-hydrogen) atoms. The van der Waals surface area contributed by atoms with E-state index in [1.165, 1.54) is 16.9 Å². The third-order valence-corrected chi connectivity index (χ3v) is 4.09. The Balaban J connectivity index is 1.97. The molecule has 0 spiro atoms. The van der Waals surface area contributed by atoms with E-state index in [0.29, 0.717) is 21.5 Å². The minimum atomic E-state index is -0.476. The summed E-state index contributed by atoms with van der Waals surface area (Å²) in [5, 5.41) is 4.75. The lowest BCUT2D eigenvalue weighted by Crippen LogP contribution is -2.21. The van der Waals surface area contributed by atoms with Gasteiger partial charge in [0, 0.05) is 6.07 Å². The first-order valence-corrected chi connectivity index (χ1v) is 7.66. The van der Waals surface area contributed by atoms with Crippen LogP contribution >= 0.6 is 34.8 Å². The number of para-hydroxylation sites is 1. The highest BCUT2D eigenvalue weighted by Crippen LogP contribution is 2.31. The molecule has 0 unspecified atom stereocenters. The van der Waals surface area contributed by atoms with E-state index in [9.17, 15) is 4.79 Å². The summed E-state index contributed by atoms with van der Waals surface area (Å²) < 4.78 is 6.76. The van der Waals surface area contributed by atoms with Crippen LogP contribution in [0.5, 0.6) is 11.5 Å². The minimum absolute atomic E-state index is 0.0741. The van der Waals surface area contributed by atoms with Crippen LogP contribution in [0.3, 0.4) is 0 Å². The summed E-state index contributed by atoms with van der Waals surface area (Å²) in [7, 11) is 0. The van der Waals surface area contributed by atoms with E-state index in [4.69, 9.17) is 39.5 Å². The molecule has 0 amide bonds. The Morgan fingerprint density at radius 2 is 1.70 bits per heavy atom. The predicted molar refractivity (Wildman–Crippen MR) is 91.4 cm³/mol. The second-order valence-electron chi connectivity index (χ2n) is 4.55. The molecule has 0 aliphatic heterocycles. The zero-order chi connectivity index (χ0) is 16.4. The van der Waals surface area contributed by atoms with Crippen molar-refractivity contribution in [2.24, 2.45) is 0 Å². The molecule has 0 bridgehead atoms. The highest BCUT2D eigenvalue weighted by molar-refractivity contribution is 6.42. The molecule has 0 aliphatic rings. The smallest absolute Gasteiger partial charge is 0.294 e. The van der Waals surface area contributed by atoms with E-state index in [2.05, 4.69) is 5.10 Å². The Morgan fingerprint density at radius 1 is 0.957 bits per heavy atom. The van der Waals surface area contributed by atoms with Crippen molar-refractivity contribution < 1.29 is 4.74 Å². The summed E-state index contributed by atoms with van der Waals surface area (Å²) in [5.74, 6) is 0.544. The first kappa shape index (κ1) is 15.9. The number of hydrogen-bond donors (Lipinski definition) is 0. The van der Waals surface area contributed by atoms with E-state index in [1.807, 2.05) is 6.07 Å². The second-order valence-corrected chi connectivity index (χ2v) is 5.75. The summed E-state index contributed by atoms with van der Waals surface area (Å²) in [5.41, 5.74) is 0.135. The van der Waals surface area contributed by atoms with Crippen molar-refractivity contribution in [2.45, 2.75) is 0 Å². The van der Waals surface area contributed by atoms with Crippen molar-refractivity contribution in [1.29, 1.82) is 0 Å². The molecule has 3 rings (SSSR count). The van der Waals surface area contributed by atoms with Gasteiger partial charge >= 0.3 is 0 Å². The molecule has 0 fully saturated rings. The zero-order valence-corrected chi connectivity index (χ0v) is 13.8. The Morgan fingerprint density at radius 3 is 2.39 bits per heavy atom. The molecule has 1 heterocycles. The lowest BCUT2D eigenvalue weighted by molar-refractivity contribution is 0.475. The van der Waals surface area contributed by atoms with Gasteiger partial charge in [-0.2, -0.15) is 9.78 Å². The van der Waals surface area contributed by atoms with Crippen molar-refractivity contribution in [3.63, 3.8) is 0 Å². The van der Waals surface area contributed by atoms with Gasteiger partial charge in [0.15, 0.2) is 10.8 Å². The SMILES string of the molecule is O=c1c(Cl)c(Oc2ccc(Cl)c(Cl)c2)cnn1-c1ccccc1. The molecular formula is C16H9Cl3N2O2. The van der Waals surface area contributed by atoms with E-state index in [-0.39, 0.29) is 10.8 Å². The number of ether oxygens (including phenoxy) is 1. The highest BCUT2D eigenvalue weighted by Gasteiger charge is 2.13. The number of halogens is 3. The topological polar surface area (TPSA) is 44.1 Å². The first-order chi connectivity index (χ1) is 11.1. The van der Waals surface area contributed by atoms with Crippen molar-refractivity contribution in [3.05, 3.63) is 80.1 Å². The summed E-state index contributed by atoms with van der Waals surface area (Å²) in [6.45, 7) is 0. The normalized spacial score (nSPS) is 10.6. The summed E-state index contributed by atoms with van der Waals surface area (Å²) in [6, 6.07) is 13.7. The van der Waals surface area contributed by atoms with Gasteiger partial charge in [0.05, 0.1) is 21.9 Å². The molecule has 7 heteroatoms. The Kier molecular flexibility index (Phi) is 4.57. The van der Waals surface area contributed by atoms with Gasteiger partial charge in [-0.15, -0.1) is 0 Å². The first-order valence-electron chi connectivity index (χ1n) is 6.52. The van der Waals surface area contributed by atoms with Gasteiger partial charge in [0.2, 0.25) is 0 Å². The Hall–Kier alpha value is -2.01. The molecular weight excluding hydrogens is 359 g/mol. The molecule has 4 nitrogen and oxygen atoms in total.